The number of fused-ring (bicyclic) bond motifs is 1. The van der Waals surface area contributed by atoms with Crippen LogP contribution in [0.4, 0.5) is 0 Å². The van der Waals surface area contributed by atoms with Crippen molar-refractivity contribution in [3.05, 3.63) is 40.6 Å². The van der Waals surface area contributed by atoms with Gasteiger partial charge < -0.3 is 23.4 Å². The van der Waals surface area contributed by atoms with Crippen LogP contribution >= 0.6 is 0 Å². The molecule has 0 aliphatic rings. The first kappa shape index (κ1) is 20.8. The van der Waals surface area contributed by atoms with E-state index in [0.29, 0.717) is 39.2 Å². The van der Waals surface area contributed by atoms with Crippen molar-refractivity contribution in [1.82, 2.24) is 0 Å². The lowest BCUT2D eigenvalue weighted by molar-refractivity contribution is 0.326. The van der Waals surface area contributed by atoms with Crippen molar-refractivity contribution in [2.24, 2.45) is 0 Å². The monoisotopic (exact) mass is 414 g/mol. The fraction of sp³-hybridized carbons (Fsp3) is 0.318. The quantitative estimate of drug-likeness (QED) is 0.567. The fourth-order valence-corrected chi connectivity index (χ4v) is 5.13. The maximum absolute atomic E-state index is 13.7. The Balaban J connectivity index is 2.47. The third-order valence-corrected chi connectivity index (χ3v) is 6.74. The first-order chi connectivity index (χ1) is 13.8. The summed E-state index contributed by atoms with van der Waals surface area (Å²) in [5.41, 5.74) is 1.10. The van der Waals surface area contributed by atoms with E-state index in [1.165, 1.54) is 21.3 Å². The molecule has 1 aromatic heterocycles. The summed E-state index contributed by atoms with van der Waals surface area (Å²) < 4.78 is 28.0. The Morgan fingerprint density at radius 3 is 1.93 bits per heavy atom. The minimum absolute atomic E-state index is 0.103. The van der Waals surface area contributed by atoms with Gasteiger partial charge in [0.05, 0.1) is 36.5 Å². The van der Waals surface area contributed by atoms with Gasteiger partial charge in [-0.1, -0.05) is 19.6 Å². The summed E-state index contributed by atoms with van der Waals surface area (Å²) >= 11 is 0. The molecule has 3 rings (SSSR count). The number of rotatable bonds is 6. The van der Waals surface area contributed by atoms with Gasteiger partial charge in [-0.05, 0) is 24.3 Å². The number of methoxy groups -OCH3 is 4. The predicted octanol–water partition coefficient (Wildman–Crippen LogP) is 4.04. The standard InChI is InChI=1S/C22H26O6Si/c1-24-14-10-8-13(9-11-14)19-22(29(5,6)7)18(23)17-15(28-19)12-16(25-2)20(26-3)21(17)27-4/h8-12H,1-7H3. The minimum Gasteiger partial charge on any atom is -0.497 e. The molecule has 0 unspecified atom stereocenters. The van der Waals surface area contributed by atoms with Gasteiger partial charge in [-0.2, -0.15) is 0 Å². The van der Waals surface area contributed by atoms with Crippen LogP contribution in [0.2, 0.25) is 19.6 Å². The lowest BCUT2D eigenvalue weighted by atomic mass is 10.1. The summed E-state index contributed by atoms with van der Waals surface area (Å²) in [5, 5.41) is 1.06. The van der Waals surface area contributed by atoms with Gasteiger partial charge in [0.25, 0.3) is 0 Å². The molecule has 0 bridgehead atoms. The maximum atomic E-state index is 13.7. The summed E-state index contributed by atoms with van der Waals surface area (Å²) in [7, 11) is 4.07. The highest BCUT2D eigenvalue weighted by atomic mass is 28.3. The maximum Gasteiger partial charge on any atom is 0.204 e. The molecule has 0 atom stereocenters. The Bertz CT molecular complexity index is 1090. The van der Waals surface area contributed by atoms with Crippen molar-refractivity contribution < 1.29 is 23.4 Å². The Kier molecular flexibility index (Phi) is 5.61. The smallest absolute Gasteiger partial charge is 0.204 e. The van der Waals surface area contributed by atoms with E-state index in [9.17, 15) is 4.79 Å². The van der Waals surface area contributed by atoms with E-state index in [4.69, 9.17) is 23.4 Å². The molecule has 0 spiro atoms. The van der Waals surface area contributed by atoms with E-state index >= 15 is 0 Å². The first-order valence-electron chi connectivity index (χ1n) is 9.21. The Morgan fingerprint density at radius 1 is 0.828 bits per heavy atom. The van der Waals surface area contributed by atoms with Crippen molar-refractivity contribution >= 4 is 24.2 Å². The third-order valence-electron chi connectivity index (χ3n) is 4.79. The van der Waals surface area contributed by atoms with Gasteiger partial charge in [-0.15, -0.1) is 0 Å². The molecule has 0 N–H and O–H groups in total. The molecule has 1 heterocycles. The fourth-order valence-electron chi connectivity index (χ4n) is 3.45. The summed E-state index contributed by atoms with van der Waals surface area (Å²) in [6.45, 7) is 6.35. The molecule has 29 heavy (non-hydrogen) atoms. The van der Waals surface area contributed by atoms with E-state index in [2.05, 4.69) is 19.6 Å². The summed E-state index contributed by atoms with van der Waals surface area (Å²) in [4.78, 5) is 13.7. The molecule has 0 aliphatic heterocycles. The van der Waals surface area contributed by atoms with Gasteiger partial charge in [0, 0.05) is 16.8 Å². The van der Waals surface area contributed by atoms with Crippen LogP contribution in [0.15, 0.2) is 39.5 Å². The second-order valence-electron chi connectivity index (χ2n) is 7.63. The highest BCUT2D eigenvalue weighted by molar-refractivity contribution is 6.89. The highest BCUT2D eigenvalue weighted by Crippen LogP contribution is 2.42. The molecule has 0 fully saturated rings. The topological polar surface area (TPSA) is 67.1 Å². The molecule has 0 saturated heterocycles. The minimum atomic E-state index is -2.09. The van der Waals surface area contributed by atoms with Crippen LogP contribution in [-0.4, -0.2) is 36.5 Å². The zero-order chi connectivity index (χ0) is 21.3. The lowest BCUT2D eigenvalue weighted by Gasteiger charge is -2.21. The van der Waals surface area contributed by atoms with Crippen LogP contribution in [0, 0.1) is 0 Å². The van der Waals surface area contributed by atoms with Crippen LogP contribution < -0.4 is 29.6 Å². The average molecular weight is 415 g/mol. The molecular formula is C22H26O6Si. The molecule has 154 valence electrons. The molecule has 0 amide bonds. The Hall–Kier alpha value is -2.93. The van der Waals surface area contributed by atoms with E-state index in [-0.39, 0.29) is 5.43 Å². The molecule has 0 saturated carbocycles. The number of ether oxygens (including phenoxy) is 4. The van der Waals surface area contributed by atoms with Crippen LogP contribution in [0.5, 0.6) is 23.0 Å². The normalized spacial score (nSPS) is 11.4. The van der Waals surface area contributed by atoms with Crippen molar-refractivity contribution in [2.45, 2.75) is 19.6 Å². The van der Waals surface area contributed by atoms with Gasteiger partial charge in [-0.3, -0.25) is 4.79 Å². The van der Waals surface area contributed by atoms with E-state index in [1.54, 1.807) is 13.2 Å². The van der Waals surface area contributed by atoms with E-state index in [0.717, 1.165) is 11.3 Å². The van der Waals surface area contributed by atoms with Crippen LogP contribution in [0.25, 0.3) is 22.3 Å². The van der Waals surface area contributed by atoms with Crippen molar-refractivity contribution in [2.75, 3.05) is 28.4 Å². The van der Waals surface area contributed by atoms with E-state index < -0.39 is 8.07 Å². The van der Waals surface area contributed by atoms with Gasteiger partial charge in [-0.25, -0.2) is 0 Å². The van der Waals surface area contributed by atoms with Crippen LogP contribution in [0.3, 0.4) is 0 Å². The SMILES string of the molecule is COc1ccc(-c2oc3cc(OC)c(OC)c(OC)c3c(=O)c2[Si](C)(C)C)cc1. The molecule has 3 aromatic rings. The lowest BCUT2D eigenvalue weighted by Crippen LogP contribution is -2.48. The predicted molar refractivity (Wildman–Crippen MR) is 117 cm³/mol. The van der Waals surface area contributed by atoms with Gasteiger partial charge in [0.15, 0.2) is 16.9 Å². The second kappa shape index (κ2) is 7.83. The number of hydrogen-bond donors (Lipinski definition) is 0. The molecular weight excluding hydrogens is 388 g/mol. The van der Waals surface area contributed by atoms with Gasteiger partial charge in [0.1, 0.15) is 22.5 Å². The largest absolute Gasteiger partial charge is 0.497 e. The van der Waals surface area contributed by atoms with Gasteiger partial charge in [0.2, 0.25) is 5.75 Å². The van der Waals surface area contributed by atoms with Crippen molar-refractivity contribution in [3.8, 4) is 34.3 Å². The zero-order valence-corrected chi connectivity index (χ0v) is 18.8. The van der Waals surface area contributed by atoms with Gasteiger partial charge >= 0.3 is 0 Å². The molecule has 0 aliphatic carbocycles. The summed E-state index contributed by atoms with van der Waals surface area (Å²) in [6.07, 6.45) is 0. The third kappa shape index (κ3) is 3.58. The second-order valence-corrected chi connectivity index (χ2v) is 12.6. The van der Waals surface area contributed by atoms with Crippen molar-refractivity contribution in [1.29, 1.82) is 0 Å². The summed E-state index contributed by atoms with van der Waals surface area (Å²) in [5.74, 6) is 2.42. The molecule has 0 radical (unpaired) electrons. The van der Waals surface area contributed by atoms with Crippen LogP contribution in [0.1, 0.15) is 0 Å². The molecule has 2 aromatic carbocycles. The molecule has 7 heteroatoms. The van der Waals surface area contributed by atoms with Crippen LogP contribution in [-0.2, 0) is 0 Å². The Morgan fingerprint density at radius 2 is 1.45 bits per heavy atom. The average Bonchev–Trinajstić information content (AvgIpc) is 2.70. The first-order valence-corrected chi connectivity index (χ1v) is 12.7. The summed E-state index contributed by atoms with van der Waals surface area (Å²) in [6, 6.07) is 9.15. The Labute approximate surface area is 171 Å². The van der Waals surface area contributed by atoms with Crippen molar-refractivity contribution in [3.63, 3.8) is 0 Å². The van der Waals surface area contributed by atoms with E-state index in [1.807, 2.05) is 24.3 Å². The highest BCUT2D eigenvalue weighted by Gasteiger charge is 2.31. The zero-order valence-electron chi connectivity index (χ0n) is 17.8. The number of hydrogen-bond acceptors (Lipinski definition) is 6. The molecule has 6 nitrogen and oxygen atoms in total. The number of benzene rings is 2.